The summed E-state index contributed by atoms with van der Waals surface area (Å²) in [6, 6.07) is 4.04. The molecule has 8 nitrogen and oxygen atoms in total. The van der Waals surface area contributed by atoms with E-state index in [2.05, 4.69) is 41.2 Å². The highest BCUT2D eigenvalue weighted by Crippen LogP contribution is 2.29. The highest BCUT2D eigenvalue weighted by molar-refractivity contribution is 7.15. The number of nitrogens with one attached hydrogen (secondary N) is 1. The van der Waals surface area contributed by atoms with Gasteiger partial charge in [-0.05, 0) is 12.1 Å². The molecular formula is C19H25N7OS. The molecule has 0 aliphatic carbocycles. The predicted molar refractivity (Wildman–Crippen MR) is 109 cm³/mol. The highest BCUT2D eigenvalue weighted by Gasteiger charge is 2.29. The molecule has 5 rings (SSSR count). The zero-order valence-electron chi connectivity index (χ0n) is 16.5. The molecule has 9 heteroatoms. The van der Waals surface area contributed by atoms with E-state index in [0.717, 1.165) is 55.1 Å². The van der Waals surface area contributed by atoms with E-state index in [4.69, 9.17) is 14.8 Å². The Hall–Kier alpha value is -2.26. The Morgan fingerprint density at radius 3 is 2.89 bits per heavy atom. The maximum Gasteiger partial charge on any atom is 0.183 e. The average Bonchev–Trinajstić information content (AvgIpc) is 3.23. The van der Waals surface area contributed by atoms with Gasteiger partial charge in [0.1, 0.15) is 5.82 Å². The summed E-state index contributed by atoms with van der Waals surface area (Å²) in [6.45, 7) is 10.8. The number of anilines is 2. The van der Waals surface area contributed by atoms with Crippen LogP contribution in [0.15, 0.2) is 12.1 Å². The van der Waals surface area contributed by atoms with E-state index in [9.17, 15) is 0 Å². The Morgan fingerprint density at radius 1 is 1.25 bits per heavy atom. The van der Waals surface area contributed by atoms with Crippen LogP contribution in [0.1, 0.15) is 37.2 Å². The van der Waals surface area contributed by atoms with Crippen molar-refractivity contribution in [2.24, 2.45) is 5.92 Å². The van der Waals surface area contributed by atoms with E-state index in [1.807, 2.05) is 16.6 Å². The molecule has 0 radical (unpaired) electrons. The van der Waals surface area contributed by atoms with Crippen molar-refractivity contribution in [1.29, 1.82) is 0 Å². The minimum absolute atomic E-state index is 0.0929. The number of fused-ring (bicyclic) bond motifs is 2. The Balaban J connectivity index is 1.21. The number of rotatable bonds is 4. The minimum Gasteiger partial charge on any atom is -0.375 e. The molecule has 1 N–H and O–H groups in total. The lowest BCUT2D eigenvalue weighted by molar-refractivity contribution is 0.112. The van der Waals surface area contributed by atoms with Crippen molar-refractivity contribution < 1.29 is 4.74 Å². The van der Waals surface area contributed by atoms with Crippen molar-refractivity contribution >= 4 is 27.9 Å². The van der Waals surface area contributed by atoms with Crippen molar-refractivity contribution in [2.45, 2.75) is 39.2 Å². The first-order valence-electron chi connectivity index (χ1n) is 9.75. The number of ether oxygens (including phenoxy) is 1. The molecule has 3 aromatic rings. The van der Waals surface area contributed by atoms with Crippen LogP contribution in [0.25, 0.3) is 5.65 Å². The van der Waals surface area contributed by atoms with Crippen LogP contribution in [0, 0.1) is 5.92 Å². The van der Waals surface area contributed by atoms with E-state index >= 15 is 0 Å². The number of nitrogens with zero attached hydrogens (tertiary/aromatic N) is 6. The molecular weight excluding hydrogens is 374 g/mol. The van der Waals surface area contributed by atoms with Crippen LogP contribution >= 0.6 is 11.3 Å². The second-order valence-corrected chi connectivity index (χ2v) is 9.66. The fourth-order valence-electron chi connectivity index (χ4n) is 3.63. The quantitative estimate of drug-likeness (QED) is 0.722. The molecule has 0 aromatic carbocycles. The van der Waals surface area contributed by atoms with Gasteiger partial charge in [0.05, 0.1) is 23.8 Å². The number of aromatic nitrogens is 5. The first-order valence-corrected chi connectivity index (χ1v) is 10.6. The summed E-state index contributed by atoms with van der Waals surface area (Å²) in [5, 5.41) is 17.9. The smallest absolute Gasteiger partial charge is 0.183 e. The fourth-order valence-corrected chi connectivity index (χ4v) is 4.59. The van der Waals surface area contributed by atoms with Gasteiger partial charge in [-0.25, -0.2) is 4.98 Å². The second kappa shape index (κ2) is 6.66. The summed E-state index contributed by atoms with van der Waals surface area (Å²) in [7, 11) is 0. The van der Waals surface area contributed by atoms with Crippen LogP contribution in [0.2, 0.25) is 0 Å². The summed E-state index contributed by atoms with van der Waals surface area (Å²) >= 11 is 1.72. The lowest BCUT2D eigenvalue weighted by Gasteiger charge is -2.40. The highest BCUT2D eigenvalue weighted by atomic mass is 32.1. The van der Waals surface area contributed by atoms with Gasteiger partial charge < -0.3 is 15.0 Å². The van der Waals surface area contributed by atoms with E-state index in [0.29, 0.717) is 12.5 Å². The van der Waals surface area contributed by atoms with Gasteiger partial charge in [-0.2, -0.15) is 4.52 Å². The Labute approximate surface area is 167 Å². The number of thiazole rings is 1. The maximum atomic E-state index is 5.50. The molecule has 0 bridgehead atoms. The zero-order valence-corrected chi connectivity index (χ0v) is 17.3. The molecule has 1 saturated heterocycles. The Morgan fingerprint density at radius 2 is 2.11 bits per heavy atom. The van der Waals surface area contributed by atoms with Gasteiger partial charge in [-0.15, -0.1) is 15.3 Å². The van der Waals surface area contributed by atoms with Gasteiger partial charge >= 0.3 is 0 Å². The van der Waals surface area contributed by atoms with E-state index in [1.165, 1.54) is 10.6 Å². The van der Waals surface area contributed by atoms with Crippen LogP contribution in [-0.2, 0) is 23.2 Å². The third kappa shape index (κ3) is 3.22. The molecule has 3 aromatic heterocycles. The SMILES string of the molecule is CC(C)(C)c1nnc2ccc(N3CC(CNc4nc5c(s4)COCC5)C3)nn12. The molecule has 28 heavy (non-hydrogen) atoms. The molecule has 0 saturated carbocycles. The average molecular weight is 400 g/mol. The third-order valence-electron chi connectivity index (χ3n) is 5.24. The van der Waals surface area contributed by atoms with Gasteiger partial charge in [0.2, 0.25) is 0 Å². The lowest BCUT2D eigenvalue weighted by atomic mass is 9.96. The topological polar surface area (TPSA) is 80.5 Å². The minimum atomic E-state index is -0.0929. The summed E-state index contributed by atoms with van der Waals surface area (Å²) in [6.07, 6.45) is 0.929. The zero-order chi connectivity index (χ0) is 19.3. The second-order valence-electron chi connectivity index (χ2n) is 8.58. The van der Waals surface area contributed by atoms with E-state index in [1.54, 1.807) is 11.3 Å². The summed E-state index contributed by atoms with van der Waals surface area (Å²) in [5.74, 6) is 2.47. The molecule has 5 heterocycles. The van der Waals surface area contributed by atoms with Gasteiger partial charge in [0.25, 0.3) is 0 Å². The normalized spacial score (nSPS) is 17.6. The molecule has 0 spiro atoms. The molecule has 1 fully saturated rings. The number of hydrogen-bond acceptors (Lipinski definition) is 8. The van der Waals surface area contributed by atoms with Crippen molar-refractivity contribution in [3.05, 3.63) is 28.5 Å². The Bertz CT molecular complexity index is 976. The van der Waals surface area contributed by atoms with Gasteiger partial charge in [-0.1, -0.05) is 32.1 Å². The first kappa shape index (κ1) is 17.8. The fraction of sp³-hybridized carbons (Fsp3) is 0.579. The third-order valence-corrected chi connectivity index (χ3v) is 6.27. The van der Waals surface area contributed by atoms with E-state index < -0.39 is 0 Å². The number of hydrogen-bond donors (Lipinski definition) is 1. The van der Waals surface area contributed by atoms with Crippen LogP contribution in [0.4, 0.5) is 10.9 Å². The van der Waals surface area contributed by atoms with Gasteiger partial charge in [0.15, 0.2) is 16.6 Å². The van der Waals surface area contributed by atoms with E-state index in [-0.39, 0.29) is 5.41 Å². The van der Waals surface area contributed by atoms with Crippen molar-refractivity contribution in [2.75, 3.05) is 36.5 Å². The van der Waals surface area contributed by atoms with Crippen molar-refractivity contribution in [1.82, 2.24) is 24.8 Å². The monoisotopic (exact) mass is 399 g/mol. The van der Waals surface area contributed by atoms with Crippen molar-refractivity contribution in [3.63, 3.8) is 0 Å². The molecule has 2 aliphatic heterocycles. The standard InChI is InChI=1S/C19H25N7OS/c1-19(2,3)17-23-22-15-4-5-16(24-26(15)17)25-9-12(10-25)8-20-18-21-13-6-7-27-11-14(13)28-18/h4-5,12H,6-11H2,1-3H3,(H,20,21). The van der Waals surface area contributed by atoms with Crippen LogP contribution < -0.4 is 10.2 Å². The first-order chi connectivity index (χ1) is 13.5. The Kier molecular flexibility index (Phi) is 4.24. The van der Waals surface area contributed by atoms with Crippen LogP contribution in [0.5, 0.6) is 0 Å². The summed E-state index contributed by atoms with van der Waals surface area (Å²) < 4.78 is 7.38. The molecule has 2 aliphatic rings. The summed E-state index contributed by atoms with van der Waals surface area (Å²) in [4.78, 5) is 8.28. The predicted octanol–water partition coefficient (Wildman–Crippen LogP) is 2.50. The molecule has 0 amide bonds. The van der Waals surface area contributed by atoms with Gasteiger partial charge in [-0.3, -0.25) is 0 Å². The molecule has 0 unspecified atom stereocenters. The van der Waals surface area contributed by atoms with Crippen molar-refractivity contribution in [3.8, 4) is 0 Å². The summed E-state index contributed by atoms with van der Waals surface area (Å²) in [5.41, 5.74) is 1.91. The maximum absolute atomic E-state index is 5.50. The molecule has 0 atom stereocenters. The largest absolute Gasteiger partial charge is 0.375 e. The van der Waals surface area contributed by atoms with Crippen LogP contribution in [0.3, 0.4) is 0 Å². The lowest BCUT2D eigenvalue weighted by Crippen LogP contribution is -2.50. The van der Waals surface area contributed by atoms with Crippen LogP contribution in [-0.4, -0.2) is 51.0 Å². The van der Waals surface area contributed by atoms with Gasteiger partial charge in [0, 0.05) is 37.4 Å². The molecule has 148 valence electrons.